The van der Waals surface area contributed by atoms with E-state index in [0.717, 1.165) is 17.9 Å². The fraction of sp³-hybridized carbons (Fsp3) is 0.562. The Morgan fingerprint density at radius 1 is 1.32 bits per heavy atom. The fourth-order valence-electron chi connectivity index (χ4n) is 1.96. The molecule has 19 heavy (non-hydrogen) atoms. The molecule has 1 aliphatic carbocycles. The normalized spacial score (nSPS) is 16.1. The average Bonchev–Trinajstić information content (AvgIpc) is 3.21. The van der Waals surface area contributed by atoms with E-state index >= 15 is 0 Å². The summed E-state index contributed by atoms with van der Waals surface area (Å²) < 4.78 is 10.8. The molecule has 2 rings (SSSR count). The number of esters is 1. The van der Waals surface area contributed by atoms with E-state index < -0.39 is 0 Å². The van der Waals surface area contributed by atoms with E-state index in [1.54, 1.807) is 0 Å². The van der Waals surface area contributed by atoms with Gasteiger partial charge in [0.25, 0.3) is 0 Å². The molecule has 1 aromatic rings. The van der Waals surface area contributed by atoms with Crippen molar-refractivity contribution in [2.24, 2.45) is 5.92 Å². The molecule has 0 saturated heterocycles. The van der Waals surface area contributed by atoms with Gasteiger partial charge in [-0.1, -0.05) is 43.2 Å². The van der Waals surface area contributed by atoms with Crippen LogP contribution in [0, 0.1) is 5.92 Å². The van der Waals surface area contributed by atoms with Crippen molar-refractivity contribution >= 4 is 5.97 Å². The highest BCUT2D eigenvalue weighted by molar-refractivity contribution is 5.69. The second-order valence-corrected chi connectivity index (χ2v) is 5.28. The Kier molecular flexibility index (Phi) is 5.40. The van der Waals surface area contributed by atoms with Crippen LogP contribution < -0.4 is 0 Å². The molecule has 0 radical (unpaired) electrons. The van der Waals surface area contributed by atoms with Gasteiger partial charge in [0.15, 0.2) is 0 Å². The lowest BCUT2D eigenvalue weighted by Crippen LogP contribution is -2.20. The molecule has 1 aromatic carbocycles. The van der Waals surface area contributed by atoms with Crippen LogP contribution in [0.1, 0.15) is 38.2 Å². The van der Waals surface area contributed by atoms with E-state index in [9.17, 15) is 4.79 Å². The predicted octanol–water partition coefficient (Wildman–Crippen LogP) is 3.33. The summed E-state index contributed by atoms with van der Waals surface area (Å²) in [7, 11) is 0. The molecule has 3 heteroatoms. The van der Waals surface area contributed by atoms with Crippen LogP contribution in [-0.4, -0.2) is 18.7 Å². The number of rotatable bonds is 8. The smallest absolute Gasteiger partial charge is 0.306 e. The molecule has 0 aromatic heterocycles. The van der Waals surface area contributed by atoms with Crippen molar-refractivity contribution < 1.29 is 14.3 Å². The number of benzene rings is 1. The first-order valence-electron chi connectivity index (χ1n) is 7.05. The van der Waals surface area contributed by atoms with Gasteiger partial charge in [0.05, 0.1) is 13.2 Å². The van der Waals surface area contributed by atoms with Gasteiger partial charge in [-0.25, -0.2) is 0 Å². The van der Waals surface area contributed by atoms with E-state index in [1.807, 2.05) is 37.3 Å². The van der Waals surface area contributed by atoms with Crippen molar-refractivity contribution in [3.05, 3.63) is 35.9 Å². The van der Waals surface area contributed by atoms with E-state index in [2.05, 4.69) is 0 Å². The molecule has 104 valence electrons. The second-order valence-electron chi connectivity index (χ2n) is 5.28. The molecule has 1 aliphatic rings. The van der Waals surface area contributed by atoms with E-state index in [4.69, 9.17) is 9.47 Å². The van der Waals surface area contributed by atoms with Gasteiger partial charge in [-0.05, 0) is 24.8 Å². The molecule has 0 heterocycles. The third kappa shape index (κ3) is 5.88. The minimum Gasteiger partial charge on any atom is -0.460 e. The molecule has 0 spiro atoms. The molecule has 1 unspecified atom stereocenters. The Balaban J connectivity index is 1.55. The van der Waals surface area contributed by atoms with Crippen LogP contribution in [-0.2, 0) is 20.9 Å². The second kappa shape index (κ2) is 7.29. The van der Waals surface area contributed by atoms with Crippen LogP contribution in [0.2, 0.25) is 0 Å². The maximum atomic E-state index is 11.5. The summed E-state index contributed by atoms with van der Waals surface area (Å²) in [6.07, 6.45) is 3.92. The number of hydrogen-bond acceptors (Lipinski definition) is 3. The van der Waals surface area contributed by atoms with E-state index in [0.29, 0.717) is 19.6 Å². The fourth-order valence-corrected chi connectivity index (χ4v) is 1.96. The Morgan fingerprint density at radius 2 is 2.05 bits per heavy atom. The summed E-state index contributed by atoms with van der Waals surface area (Å²) >= 11 is 0. The van der Waals surface area contributed by atoms with Crippen molar-refractivity contribution in [1.82, 2.24) is 0 Å². The summed E-state index contributed by atoms with van der Waals surface area (Å²) in [6.45, 7) is 2.88. The van der Waals surface area contributed by atoms with Crippen LogP contribution >= 0.6 is 0 Å². The summed E-state index contributed by atoms with van der Waals surface area (Å²) in [5.74, 6) is 0.680. The highest BCUT2D eigenvalue weighted by Crippen LogP contribution is 2.33. The molecule has 1 fully saturated rings. The lowest BCUT2D eigenvalue weighted by molar-refractivity contribution is -0.151. The number of hydrogen-bond donors (Lipinski definition) is 0. The molecule has 3 nitrogen and oxygen atoms in total. The number of ether oxygens (including phenoxy) is 2. The minimum atomic E-state index is -0.171. The summed E-state index contributed by atoms with van der Waals surface area (Å²) in [4.78, 5) is 11.5. The molecule has 0 bridgehead atoms. The maximum absolute atomic E-state index is 11.5. The van der Waals surface area contributed by atoms with Crippen molar-refractivity contribution in [3.8, 4) is 0 Å². The van der Waals surface area contributed by atoms with Crippen LogP contribution in [0.25, 0.3) is 0 Å². The topological polar surface area (TPSA) is 35.5 Å². The van der Waals surface area contributed by atoms with Gasteiger partial charge in [0, 0.05) is 6.42 Å². The molecule has 0 aliphatic heterocycles. The van der Waals surface area contributed by atoms with Crippen LogP contribution in [0.15, 0.2) is 30.3 Å². The van der Waals surface area contributed by atoms with Gasteiger partial charge in [0.2, 0.25) is 0 Å². The molecule has 1 atom stereocenters. The van der Waals surface area contributed by atoms with Crippen molar-refractivity contribution in [3.63, 3.8) is 0 Å². The molecule has 0 amide bonds. The van der Waals surface area contributed by atoms with Gasteiger partial charge in [-0.3, -0.25) is 4.79 Å². The molecule has 1 saturated carbocycles. The lowest BCUT2D eigenvalue weighted by atomic mass is 10.2. The van der Waals surface area contributed by atoms with E-state index in [1.165, 1.54) is 12.8 Å². The van der Waals surface area contributed by atoms with Gasteiger partial charge in [0.1, 0.15) is 6.10 Å². The molecular formula is C16H22O3. The third-order valence-electron chi connectivity index (χ3n) is 3.25. The van der Waals surface area contributed by atoms with Gasteiger partial charge in [-0.15, -0.1) is 0 Å². The monoisotopic (exact) mass is 262 g/mol. The predicted molar refractivity (Wildman–Crippen MR) is 73.6 cm³/mol. The lowest BCUT2D eigenvalue weighted by Gasteiger charge is -2.13. The summed E-state index contributed by atoms with van der Waals surface area (Å²) in [5, 5.41) is 0. The highest BCUT2D eigenvalue weighted by atomic mass is 16.6. The Bertz CT molecular complexity index is 384. The minimum absolute atomic E-state index is 0.0947. The average molecular weight is 262 g/mol. The Morgan fingerprint density at radius 3 is 2.74 bits per heavy atom. The zero-order valence-electron chi connectivity index (χ0n) is 11.5. The third-order valence-corrected chi connectivity index (χ3v) is 3.25. The quantitative estimate of drug-likeness (QED) is 0.674. The largest absolute Gasteiger partial charge is 0.460 e. The summed E-state index contributed by atoms with van der Waals surface area (Å²) in [5.41, 5.74) is 1.13. The number of carbonyl (C=O) groups excluding carboxylic acids is 1. The van der Waals surface area contributed by atoms with Crippen molar-refractivity contribution in [2.75, 3.05) is 6.61 Å². The van der Waals surface area contributed by atoms with Crippen LogP contribution in [0.5, 0.6) is 0 Å². The Hall–Kier alpha value is -1.35. The zero-order chi connectivity index (χ0) is 13.5. The first-order chi connectivity index (χ1) is 9.24. The van der Waals surface area contributed by atoms with Crippen LogP contribution in [0.3, 0.4) is 0 Å². The Labute approximate surface area is 114 Å². The summed E-state index contributed by atoms with van der Waals surface area (Å²) in [6, 6.07) is 9.99. The van der Waals surface area contributed by atoms with Gasteiger partial charge >= 0.3 is 5.97 Å². The van der Waals surface area contributed by atoms with Crippen molar-refractivity contribution in [2.45, 2.75) is 45.3 Å². The first kappa shape index (κ1) is 14.1. The van der Waals surface area contributed by atoms with Gasteiger partial charge < -0.3 is 9.47 Å². The maximum Gasteiger partial charge on any atom is 0.306 e. The highest BCUT2D eigenvalue weighted by Gasteiger charge is 2.22. The molecule has 0 N–H and O–H groups in total. The SMILES string of the molecule is CC(COCc1ccccc1)OC(=O)CCC1CC1. The van der Waals surface area contributed by atoms with Crippen molar-refractivity contribution in [1.29, 1.82) is 0 Å². The molecular weight excluding hydrogens is 240 g/mol. The standard InChI is InChI=1S/C16H22O3/c1-13(19-16(17)10-9-14-7-8-14)11-18-12-15-5-3-2-4-6-15/h2-6,13-14H,7-12H2,1H3. The first-order valence-corrected chi connectivity index (χ1v) is 7.05. The number of carbonyl (C=O) groups is 1. The zero-order valence-corrected chi connectivity index (χ0v) is 11.5. The van der Waals surface area contributed by atoms with Gasteiger partial charge in [-0.2, -0.15) is 0 Å². The van der Waals surface area contributed by atoms with E-state index in [-0.39, 0.29) is 12.1 Å². The van der Waals surface area contributed by atoms with Crippen LogP contribution in [0.4, 0.5) is 0 Å².